The van der Waals surface area contributed by atoms with Crippen molar-refractivity contribution in [1.82, 2.24) is 5.43 Å². The number of halogens is 1. The fourth-order valence-corrected chi connectivity index (χ4v) is 3.27. The van der Waals surface area contributed by atoms with Crippen molar-refractivity contribution in [2.45, 2.75) is 20.8 Å². The summed E-state index contributed by atoms with van der Waals surface area (Å²) in [6.07, 6.45) is 1.51. The van der Waals surface area contributed by atoms with E-state index in [1.165, 1.54) is 6.21 Å². The Balaban J connectivity index is 1.49. The van der Waals surface area contributed by atoms with E-state index in [9.17, 15) is 9.59 Å². The van der Waals surface area contributed by atoms with Crippen molar-refractivity contribution in [1.29, 1.82) is 0 Å². The minimum Gasteiger partial charge on any atom is -0.490 e. The highest BCUT2D eigenvalue weighted by molar-refractivity contribution is 6.31. The van der Waals surface area contributed by atoms with Gasteiger partial charge in [0, 0.05) is 16.3 Å². The molecule has 8 nitrogen and oxygen atoms in total. The number of carbonyl (C=O) groups excluding carboxylic acids is 2. The number of hydrogen-bond acceptors (Lipinski definition) is 6. The van der Waals surface area contributed by atoms with Crippen LogP contribution < -0.4 is 25.0 Å². The van der Waals surface area contributed by atoms with E-state index < -0.39 is 0 Å². The summed E-state index contributed by atoms with van der Waals surface area (Å²) >= 11 is 6.08. The zero-order valence-electron chi connectivity index (χ0n) is 20.3. The third-order valence-corrected chi connectivity index (χ3v) is 5.30. The molecule has 0 saturated carbocycles. The molecule has 9 heteroatoms. The second-order valence-electron chi connectivity index (χ2n) is 7.60. The molecule has 3 aromatic rings. The van der Waals surface area contributed by atoms with Gasteiger partial charge in [-0.05, 0) is 86.5 Å². The van der Waals surface area contributed by atoms with Crippen molar-refractivity contribution in [2.24, 2.45) is 5.10 Å². The largest absolute Gasteiger partial charge is 0.490 e. The average molecular weight is 510 g/mol. The molecule has 0 aliphatic rings. The molecule has 0 aliphatic heterocycles. The number of anilines is 1. The normalized spacial score (nSPS) is 10.7. The minimum absolute atomic E-state index is 0.152. The van der Waals surface area contributed by atoms with Crippen LogP contribution in [0.3, 0.4) is 0 Å². The van der Waals surface area contributed by atoms with Crippen molar-refractivity contribution >= 4 is 35.3 Å². The van der Waals surface area contributed by atoms with Gasteiger partial charge in [0.25, 0.3) is 11.8 Å². The molecule has 2 amide bonds. The molecule has 0 aliphatic carbocycles. The van der Waals surface area contributed by atoms with Crippen molar-refractivity contribution < 1.29 is 23.8 Å². The third-order valence-electron chi connectivity index (χ3n) is 4.89. The molecule has 0 bridgehead atoms. The van der Waals surface area contributed by atoms with E-state index >= 15 is 0 Å². The smallest absolute Gasteiger partial charge is 0.271 e. The molecule has 188 valence electrons. The molecule has 0 aromatic heterocycles. The predicted octanol–water partition coefficient (Wildman–Crippen LogP) is 5.23. The maximum atomic E-state index is 12.4. The summed E-state index contributed by atoms with van der Waals surface area (Å²) in [5.74, 6) is 0.925. The van der Waals surface area contributed by atoms with E-state index in [1.807, 2.05) is 26.8 Å². The van der Waals surface area contributed by atoms with Gasteiger partial charge >= 0.3 is 0 Å². The van der Waals surface area contributed by atoms with Crippen LogP contribution >= 0.6 is 11.6 Å². The Morgan fingerprint density at radius 3 is 2.33 bits per heavy atom. The Morgan fingerprint density at radius 1 is 0.917 bits per heavy atom. The van der Waals surface area contributed by atoms with Crippen molar-refractivity contribution in [3.63, 3.8) is 0 Å². The Labute approximate surface area is 215 Å². The molecule has 36 heavy (non-hydrogen) atoms. The van der Waals surface area contributed by atoms with Gasteiger partial charge in [0.1, 0.15) is 5.75 Å². The van der Waals surface area contributed by atoms with E-state index in [0.29, 0.717) is 46.7 Å². The van der Waals surface area contributed by atoms with Crippen molar-refractivity contribution in [3.05, 3.63) is 82.4 Å². The molecule has 2 N–H and O–H groups in total. The third kappa shape index (κ3) is 7.74. The first-order valence-corrected chi connectivity index (χ1v) is 11.8. The van der Waals surface area contributed by atoms with Gasteiger partial charge in [-0.3, -0.25) is 9.59 Å². The number of benzene rings is 3. The molecule has 0 fully saturated rings. The van der Waals surface area contributed by atoms with Gasteiger partial charge < -0.3 is 19.5 Å². The summed E-state index contributed by atoms with van der Waals surface area (Å²) in [5, 5.41) is 7.32. The van der Waals surface area contributed by atoms with Crippen LogP contribution in [0.5, 0.6) is 17.2 Å². The highest BCUT2D eigenvalue weighted by Crippen LogP contribution is 2.28. The van der Waals surface area contributed by atoms with Gasteiger partial charge in [-0.1, -0.05) is 17.7 Å². The van der Waals surface area contributed by atoms with Crippen LogP contribution in [0.2, 0.25) is 5.02 Å². The van der Waals surface area contributed by atoms with Gasteiger partial charge in [-0.25, -0.2) is 5.43 Å². The van der Waals surface area contributed by atoms with Gasteiger partial charge in [-0.15, -0.1) is 0 Å². The zero-order chi connectivity index (χ0) is 25.9. The summed E-state index contributed by atoms with van der Waals surface area (Å²) in [5.41, 5.74) is 5.17. The number of hydrazone groups is 1. The highest BCUT2D eigenvalue weighted by Gasteiger charge is 2.11. The molecular formula is C27H28ClN3O5. The maximum absolute atomic E-state index is 12.4. The van der Waals surface area contributed by atoms with Crippen LogP contribution in [-0.4, -0.2) is 37.8 Å². The lowest BCUT2D eigenvalue weighted by molar-refractivity contribution is -0.118. The highest BCUT2D eigenvalue weighted by atomic mass is 35.5. The Morgan fingerprint density at radius 2 is 1.64 bits per heavy atom. The lowest BCUT2D eigenvalue weighted by Crippen LogP contribution is -2.20. The van der Waals surface area contributed by atoms with Crippen LogP contribution in [0.25, 0.3) is 0 Å². The minimum atomic E-state index is -0.379. The van der Waals surface area contributed by atoms with E-state index in [0.717, 1.165) is 11.1 Å². The average Bonchev–Trinajstić information content (AvgIpc) is 2.87. The van der Waals surface area contributed by atoms with Crippen molar-refractivity contribution in [2.75, 3.05) is 25.1 Å². The lowest BCUT2D eigenvalue weighted by Gasteiger charge is -2.11. The van der Waals surface area contributed by atoms with Crippen LogP contribution in [0.15, 0.2) is 65.8 Å². The molecular weight excluding hydrogens is 482 g/mol. The summed E-state index contributed by atoms with van der Waals surface area (Å²) in [6, 6.07) is 17.2. The van der Waals surface area contributed by atoms with Gasteiger partial charge in [-0.2, -0.15) is 5.10 Å². The van der Waals surface area contributed by atoms with E-state index in [4.69, 9.17) is 25.8 Å². The SMILES string of the molecule is CCOc1ccc(C(=O)N/N=C/c2ccc(OCC(=O)Nc3ccc(C)c(Cl)c3)cc2)cc1OCC. The van der Waals surface area contributed by atoms with Gasteiger partial charge in [0.15, 0.2) is 18.1 Å². The van der Waals surface area contributed by atoms with Gasteiger partial charge in [0.2, 0.25) is 0 Å². The summed E-state index contributed by atoms with van der Waals surface area (Å²) in [7, 11) is 0. The molecule has 0 spiro atoms. The summed E-state index contributed by atoms with van der Waals surface area (Å²) < 4.78 is 16.6. The number of nitrogens with zero attached hydrogens (tertiary/aromatic N) is 1. The standard InChI is InChI=1S/C27H28ClN3O5/c1-4-34-24-13-9-20(14-25(24)35-5-2)27(33)31-29-16-19-7-11-22(12-8-19)36-17-26(32)30-21-10-6-18(3)23(28)15-21/h6-16H,4-5,17H2,1-3H3,(H,30,32)(H,31,33)/b29-16+. The van der Waals surface area contributed by atoms with E-state index in [2.05, 4.69) is 15.8 Å². The number of hydrogen-bond donors (Lipinski definition) is 2. The van der Waals surface area contributed by atoms with Crippen LogP contribution in [-0.2, 0) is 4.79 Å². The van der Waals surface area contributed by atoms with E-state index in [1.54, 1.807) is 54.6 Å². The molecule has 0 atom stereocenters. The monoisotopic (exact) mass is 509 g/mol. The first-order chi connectivity index (χ1) is 17.4. The van der Waals surface area contributed by atoms with E-state index in [-0.39, 0.29) is 18.4 Å². The topological polar surface area (TPSA) is 98.3 Å². The molecule has 0 saturated heterocycles. The maximum Gasteiger partial charge on any atom is 0.271 e. The quantitative estimate of drug-likeness (QED) is 0.272. The molecule has 0 radical (unpaired) electrons. The van der Waals surface area contributed by atoms with Crippen molar-refractivity contribution in [3.8, 4) is 17.2 Å². The first kappa shape index (κ1) is 26.6. The number of amides is 2. The number of ether oxygens (including phenoxy) is 3. The fourth-order valence-electron chi connectivity index (χ4n) is 3.09. The van der Waals surface area contributed by atoms with Crippen LogP contribution in [0.4, 0.5) is 5.69 Å². The molecule has 0 unspecified atom stereocenters. The van der Waals surface area contributed by atoms with Crippen LogP contribution in [0.1, 0.15) is 35.3 Å². The molecule has 0 heterocycles. The Kier molecular flexibility index (Phi) is 9.71. The second kappa shape index (κ2) is 13.2. The molecule has 3 rings (SSSR count). The molecule has 3 aromatic carbocycles. The number of nitrogens with one attached hydrogen (secondary N) is 2. The number of carbonyl (C=O) groups is 2. The fraction of sp³-hybridized carbons (Fsp3) is 0.222. The van der Waals surface area contributed by atoms with Crippen LogP contribution in [0, 0.1) is 6.92 Å². The first-order valence-electron chi connectivity index (χ1n) is 11.4. The van der Waals surface area contributed by atoms with Gasteiger partial charge in [0.05, 0.1) is 19.4 Å². The Bertz CT molecular complexity index is 1230. The predicted molar refractivity (Wildman–Crippen MR) is 141 cm³/mol. The zero-order valence-corrected chi connectivity index (χ0v) is 21.1. The lowest BCUT2D eigenvalue weighted by atomic mass is 10.2. The number of rotatable bonds is 11. The number of aryl methyl sites for hydroxylation is 1. The Hall–Kier alpha value is -4.04. The summed E-state index contributed by atoms with van der Waals surface area (Å²) in [6.45, 7) is 6.43. The summed E-state index contributed by atoms with van der Waals surface area (Å²) in [4.78, 5) is 24.6. The second-order valence-corrected chi connectivity index (χ2v) is 8.00.